The Morgan fingerprint density at radius 2 is 2.00 bits per heavy atom. The van der Waals surface area contributed by atoms with Crippen LogP contribution in [0, 0.1) is 17.6 Å². The minimum absolute atomic E-state index is 0.00627. The molecule has 2 nitrogen and oxygen atoms in total. The van der Waals surface area contributed by atoms with Gasteiger partial charge in [0, 0.05) is 12.0 Å². The highest BCUT2D eigenvalue weighted by atomic mass is 79.9. The van der Waals surface area contributed by atoms with Crippen molar-refractivity contribution in [2.24, 2.45) is 5.92 Å². The van der Waals surface area contributed by atoms with Gasteiger partial charge in [-0.2, -0.15) is 0 Å². The average Bonchev–Trinajstić information content (AvgIpc) is 2.97. The number of amides is 1. The van der Waals surface area contributed by atoms with Crippen molar-refractivity contribution < 1.29 is 13.6 Å². The molecule has 0 aromatic heterocycles. The van der Waals surface area contributed by atoms with Crippen molar-refractivity contribution in [3.8, 4) is 0 Å². The third-order valence-corrected chi connectivity index (χ3v) is 2.82. The third-order valence-electron chi connectivity index (χ3n) is 2.22. The van der Waals surface area contributed by atoms with E-state index in [-0.39, 0.29) is 22.0 Å². The van der Waals surface area contributed by atoms with E-state index < -0.39 is 11.6 Å². The molecular formula is C10H8BrF2NO. The summed E-state index contributed by atoms with van der Waals surface area (Å²) in [6.45, 7) is 0. The van der Waals surface area contributed by atoms with Crippen molar-refractivity contribution in [1.82, 2.24) is 0 Å². The lowest BCUT2D eigenvalue weighted by molar-refractivity contribution is -0.117. The van der Waals surface area contributed by atoms with Crippen molar-refractivity contribution in [1.29, 1.82) is 0 Å². The van der Waals surface area contributed by atoms with Crippen LogP contribution in [-0.4, -0.2) is 5.91 Å². The maximum atomic E-state index is 13.2. The van der Waals surface area contributed by atoms with Crippen molar-refractivity contribution in [2.45, 2.75) is 12.8 Å². The fraction of sp³-hybridized carbons (Fsp3) is 0.300. The topological polar surface area (TPSA) is 29.1 Å². The number of rotatable bonds is 2. The van der Waals surface area contributed by atoms with Crippen LogP contribution in [0.3, 0.4) is 0 Å². The van der Waals surface area contributed by atoms with Crippen LogP contribution >= 0.6 is 15.9 Å². The Labute approximate surface area is 93.8 Å². The second kappa shape index (κ2) is 3.89. The lowest BCUT2D eigenvalue weighted by Crippen LogP contribution is -2.14. The van der Waals surface area contributed by atoms with Gasteiger partial charge in [-0.1, -0.05) is 0 Å². The van der Waals surface area contributed by atoms with E-state index in [1.165, 1.54) is 6.07 Å². The van der Waals surface area contributed by atoms with Crippen LogP contribution in [-0.2, 0) is 4.79 Å². The summed E-state index contributed by atoms with van der Waals surface area (Å²) in [5.41, 5.74) is 0.0141. The van der Waals surface area contributed by atoms with Gasteiger partial charge in [0.15, 0.2) is 0 Å². The second-order valence-electron chi connectivity index (χ2n) is 3.51. The van der Waals surface area contributed by atoms with Crippen LogP contribution in [0.5, 0.6) is 0 Å². The molecule has 1 aromatic rings. The largest absolute Gasteiger partial charge is 0.323 e. The van der Waals surface area contributed by atoms with Gasteiger partial charge in [-0.05, 0) is 34.8 Å². The highest BCUT2D eigenvalue weighted by molar-refractivity contribution is 9.10. The Bertz CT molecular complexity index is 418. The highest BCUT2D eigenvalue weighted by Gasteiger charge is 2.30. The molecular weight excluding hydrogens is 268 g/mol. The van der Waals surface area contributed by atoms with E-state index in [0.29, 0.717) is 0 Å². The minimum atomic E-state index is -0.760. The SMILES string of the molecule is O=C(Nc1cc(Br)c(F)cc1F)C1CC1. The summed E-state index contributed by atoms with van der Waals surface area (Å²) in [5, 5.41) is 2.43. The monoisotopic (exact) mass is 275 g/mol. The Kier molecular flexibility index (Phi) is 2.73. The molecule has 0 bridgehead atoms. The molecule has 0 aliphatic heterocycles. The number of anilines is 1. The van der Waals surface area contributed by atoms with Crippen molar-refractivity contribution in [3.05, 3.63) is 28.2 Å². The highest BCUT2D eigenvalue weighted by Crippen LogP contribution is 2.31. The number of carbonyl (C=O) groups is 1. The van der Waals surface area contributed by atoms with Gasteiger partial charge in [-0.15, -0.1) is 0 Å². The maximum Gasteiger partial charge on any atom is 0.227 e. The third kappa shape index (κ3) is 2.34. The van der Waals surface area contributed by atoms with E-state index in [2.05, 4.69) is 21.2 Å². The van der Waals surface area contributed by atoms with Crippen LogP contribution in [0.4, 0.5) is 14.5 Å². The van der Waals surface area contributed by atoms with Gasteiger partial charge in [0.25, 0.3) is 0 Å². The van der Waals surface area contributed by atoms with E-state index in [1.807, 2.05) is 0 Å². The smallest absolute Gasteiger partial charge is 0.227 e. The lowest BCUT2D eigenvalue weighted by atomic mass is 10.3. The zero-order chi connectivity index (χ0) is 11.0. The average molecular weight is 276 g/mol. The van der Waals surface area contributed by atoms with Crippen LogP contribution in [0.15, 0.2) is 16.6 Å². The van der Waals surface area contributed by atoms with E-state index in [0.717, 1.165) is 18.9 Å². The van der Waals surface area contributed by atoms with E-state index in [4.69, 9.17) is 0 Å². The zero-order valence-electron chi connectivity index (χ0n) is 7.69. The quantitative estimate of drug-likeness (QED) is 0.826. The van der Waals surface area contributed by atoms with Gasteiger partial charge in [0.05, 0.1) is 10.2 Å². The molecule has 1 aliphatic carbocycles. The van der Waals surface area contributed by atoms with Crippen LogP contribution in [0.2, 0.25) is 0 Å². The Morgan fingerprint density at radius 3 is 2.60 bits per heavy atom. The summed E-state index contributed by atoms with van der Waals surface area (Å²) in [6.07, 6.45) is 1.69. The van der Waals surface area contributed by atoms with Gasteiger partial charge < -0.3 is 5.32 Å². The number of nitrogens with one attached hydrogen (secondary N) is 1. The predicted molar refractivity (Wildman–Crippen MR) is 55.4 cm³/mol. The molecule has 0 unspecified atom stereocenters. The van der Waals surface area contributed by atoms with Crippen LogP contribution in [0.25, 0.3) is 0 Å². The van der Waals surface area contributed by atoms with E-state index in [9.17, 15) is 13.6 Å². The van der Waals surface area contributed by atoms with Gasteiger partial charge in [0.1, 0.15) is 11.6 Å². The first-order chi connectivity index (χ1) is 7.08. The van der Waals surface area contributed by atoms with E-state index >= 15 is 0 Å². The summed E-state index contributed by atoms with van der Waals surface area (Å²) < 4.78 is 26.2. The number of carbonyl (C=O) groups excluding carboxylic acids is 1. The van der Waals surface area contributed by atoms with Gasteiger partial charge in [-0.3, -0.25) is 4.79 Å². The normalized spacial score (nSPS) is 15.1. The lowest BCUT2D eigenvalue weighted by Gasteiger charge is -2.06. The molecule has 1 amide bonds. The molecule has 0 heterocycles. The second-order valence-corrected chi connectivity index (χ2v) is 4.36. The van der Waals surface area contributed by atoms with Gasteiger partial charge in [-0.25, -0.2) is 8.78 Å². The van der Waals surface area contributed by atoms with Crippen LogP contribution in [0.1, 0.15) is 12.8 Å². The van der Waals surface area contributed by atoms with Gasteiger partial charge >= 0.3 is 0 Å². The fourth-order valence-electron chi connectivity index (χ4n) is 1.20. The molecule has 1 fully saturated rings. The van der Waals surface area contributed by atoms with Crippen LogP contribution < -0.4 is 5.32 Å². The number of hydrogen-bond acceptors (Lipinski definition) is 1. The Balaban J connectivity index is 2.20. The first kappa shape index (κ1) is 10.5. The molecule has 80 valence electrons. The first-order valence-electron chi connectivity index (χ1n) is 4.53. The molecule has 0 radical (unpaired) electrons. The summed E-state index contributed by atoms with van der Waals surface area (Å²) in [4.78, 5) is 11.3. The molecule has 5 heteroatoms. The molecule has 1 aromatic carbocycles. The summed E-state index contributed by atoms with van der Waals surface area (Å²) in [7, 11) is 0. The minimum Gasteiger partial charge on any atom is -0.323 e. The van der Waals surface area contributed by atoms with Crippen molar-refractivity contribution >= 4 is 27.5 Å². The molecule has 0 atom stereocenters. The predicted octanol–water partition coefficient (Wildman–Crippen LogP) is 3.08. The first-order valence-corrected chi connectivity index (χ1v) is 5.32. The fourth-order valence-corrected chi connectivity index (χ4v) is 1.54. The number of benzene rings is 1. The summed E-state index contributed by atoms with van der Waals surface area (Å²) in [5.74, 6) is -1.65. The molecule has 0 saturated heterocycles. The molecule has 0 spiro atoms. The zero-order valence-corrected chi connectivity index (χ0v) is 9.27. The summed E-state index contributed by atoms with van der Waals surface area (Å²) >= 11 is 2.93. The van der Waals surface area contributed by atoms with Crippen molar-refractivity contribution in [3.63, 3.8) is 0 Å². The number of halogens is 3. The Morgan fingerprint density at radius 1 is 1.33 bits per heavy atom. The maximum absolute atomic E-state index is 13.2. The standard InChI is InChI=1S/C10H8BrF2NO/c11-6-3-9(8(13)4-7(6)12)14-10(15)5-1-2-5/h3-5H,1-2H2,(H,14,15). The molecule has 1 saturated carbocycles. The van der Waals surface area contributed by atoms with Gasteiger partial charge in [0.2, 0.25) is 5.91 Å². The molecule has 1 N–H and O–H groups in total. The van der Waals surface area contributed by atoms with Crippen molar-refractivity contribution in [2.75, 3.05) is 5.32 Å². The Hall–Kier alpha value is -0.970. The van der Waals surface area contributed by atoms with E-state index in [1.54, 1.807) is 0 Å². The molecule has 1 aliphatic rings. The summed E-state index contributed by atoms with van der Waals surface area (Å²) in [6, 6.07) is 1.97. The molecule has 15 heavy (non-hydrogen) atoms. The number of hydrogen-bond donors (Lipinski definition) is 1. The molecule has 2 rings (SSSR count).